The lowest BCUT2D eigenvalue weighted by molar-refractivity contribution is -0.131. The first kappa shape index (κ1) is 14.6. The van der Waals surface area contributed by atoms with Gasteiger partial charge in [0.2, 0.25) is 0 Å². The van der Waals surface area contributed by atoms with Gasteiger partial charge in [0.1, 0.15) is 5.54 Å². The second-order valence-electron chi connectivity index (χ2n) is 5.27. The van der Waals surface area contributed by atoms with Crippen LogP contribution in [0.1, 0.15) is 42.6 Å². The highest BCUT2D eigenvalue weighted by atomic mass is 16.6. The Morgan fingerprint density at radius 3 is 2.70 bits per heavy atom. The van der Waals surface area contributed by atoms with Crippen LogP contribution in [0.5, 0.6) is 0 Å². The first-order chi connectivity index (χ1) is 9.51. The molecule has 1 aromatic carbocycles. The summed E-state index contributed by atoms with van der Waals surface area (Å²) in [6.45, 7) is 3.95. The lowest BCUT2D eigenvalue weighted by Gasteiger charge is -2.36. The van der Waals surface area contributed by atoms with Gasteiger partial charge in [-0.25, -0.2) is 0 Å². The van der Waals surface area contributed by atoms with E-state index in [-0.39, 0.29) is 18.0 Å². The van der Waals surface area contributed by atoms with Gasteiger partial charge in [-0.2, -0.15) is 5.48 Å². The second kappa shape index (κ2) is 5.69. The number of rotatable bonds is 4. The molecule has 1 aromatic rings. The predicted octanol–water partition coefficient (Wildman–Crippen LogP) is 2.54. The van der Waals surface area contributed by atoms with E-state index in [9.17, 15) is 9.59 Å². The highest BCUT2D eigenvalue weighted by molar-refractivity contribution is 6.16. The molecule has 0 saturated heterocycles. The molecule has 0 saturated carbocycles. The largest absolute Gasteiger partial charge is 0.304 e. The summed E-state index contributed by atoms with van der Waals surface area (Å²) in [5, 5.41) is 0. The van der Waals surface area contributed by atoms with Crippen molar-refractivity contribution in [1.82, 2.24) is 5.48 Å². The smallest absolute Gasteiger partial charge is 0.170 e. The number of Topliss-reactive ketones (excluding diaryl/α,β-unsaturated/α-hetero) is 2. The minimum Gasteiger partial charge on any atom is -0.304 e. The van der Waals surface area contributed by atoms with Crippen molar-refractivity contribution in [3.63, 3.8) is 0 Å². The first-order valence-corrected chi connectivity index (χ1v) is 6.61. The number of carbonyl (C=O) groups excluding carboxylic acids is 2. The van der Waals surface area contributed by atoms with E-state index in [1.807, 2.05) is 38.1 Å². The zero-order chi connectivity index (χ0) is 14.8. The van der Waals surface area contributed by atoms with Crippen molar-refractivity contribution in [2.24, 2.45) is 0 Å². The summed E-state index contributed by atoms with van der Waals surface area (Å²) < 4.78 is 0. The molecule has 1 unspecified atom stereocenters. The molecule has 4 heteroatoms. The molecule has 2 rings (SSSR count). The Labute approximate surface area is 118 Å². The Kier molecular flexibility index (Phi) is 4.16. The summed E-state index contributed by atoms with van der Waals surface area (Å²) in [4.78, 5) is 29.6. The van der Waals surface area contributed by atoms with Crippen LogP contribution in [-0.2, 0) is 15.2 Å². The molecule has 0 aliphatic heterocycles. The molecule has 0 amide bonds. The number of nitrogens with one attached hydrogen (secondary N) is 1. The van der Waals surface area contributed by atoms with Gasteiger partial charge in [0.25, 0.3) is 0 Å². The summed E-state index contributed by atoms with van der Waals surface area (Å²) in [7, 11) is 1.48. The lowest BCUT2D eigenvalue weighted by Crippen LogP contribution is -2.52. The predicted molar refractivity (Wildman–Crippen MR) is 76.3 cm³/mol. The highest BCUT2D eigenvalue weighted by Crippen LogP contribution is 2.36. The SMILES string of the molecule is CONC1(CC=C(C)C)C(=O)CC(=O)c2ccccc21. The number of fused-ring (bicyclic) bond motifs is 1. The van der Waals surface area contributed by atoms with Crippen molar-refractivity contribution in [1.29, 1.82) is 0 Å². The lowest BCUT2D eigenvalue weighted by atomic mass is 9.73. The van der Waals surface area contributed by atoms with Crippen LogP contribution in [-0.4, -0.2) is 18.7 Å². The van der Waals surface area contributed by atoms with E-state index >= 15 is 0 Å². The molecule has 0 aromatic heterocycles. The zero-order valence-electron chi connectivity index (χ0n) is 12.0. The summed E-state index contributed by atoms with van der Waals surface area (Å²) in [6, 6.07) is 7.22. The molecule has 1 aliphatic rings. The van der Waals surface area contributed by atoms with E-state index < -0.39 is 5.54 Å². The molecule has 4 nitrogen and oxygen atoms in total. The number of hydroxylamine groups is 1. The summed E-state index contributed by atoms with van der Waals surface area (Å²) in [5.41, 5.74) is 4.26. The Morgan fingerprint density at radius 2 is 2.05 bits per heavy atom. The maximum atomic E-state index is 12.5. The zero-order valence-corrected chi connectivity index (χ0v) is 12.0. The minimum absolute atomic E-state index is 0.0933. The fourth-order valence-corrected chi connectivity index (χ4v) is 2.55. The minimum atomic E-state index is -0.976. The van der Waals surface area contributed by atoms with Crippen molar-refractivity contribution in [3.8, 4) is 0 Å². The van der Waals surface area contributed by atoms with Crippen LogP contribution >= 0.6 is 0 Å². The van der Waals surface area contributed by atoms with Crippen LogP contribution in [0.15, 0.2) is 35.9 Å². The standard InChI is InChI=1S/C16H19NO3/c1-11(2)8-9-16(17-20-3)13-7-5-4-6-12(13)14(18)10-15(16)19/h4-8,17H,9-10H2,1-3H3. The molecular weight excluding hydrogens is 254 g/mol. The van der Waals surface area contributed by atoms with E-state index in [1.165, 1.54) is 7.11 Å². The Balaban J connectivity index is 2.59. The topological polar surface area (TPSA) is 55.4 Å². The number of carbonyl (C=O) groups is 2. The average molecular weight is 273 g/mol. The van der Waals surface area contributed by atoms with Gasteiger partial charge in [0.15, 0.2) is 11.6 Å². The van der Waals surface area contributed by atoms with Crippen LogP contribution in [0.4, 0.5) is 0 Å². The molecule has 0 heterocycles. The number of allylic oxidation sites excluding steroid dienone is 1. The van der Waals surface area contributed by atoms with Gasteiger partial charge in [-0.3, -0.25) is 9.59 Å². The maximum absolute atomic E-state index is 12.5. The third-order valence-electron chi connectivity index (χ3n) is 3.58. The van der Waals surface area contributed by atoms with Gasteiger partial charge >= 0.3 is 0 Å². The molecule has 0 fully saturated rings. The van der Waals surface area contributed by atoms with Gasteiger partial charge in [-0.05, 0) is 25.8 Å². The normalized spacial score (nSPS) is 21.6. The van der Waals surface area contributed by atoms with Crippen molar-refractivity contribution < 1.29 is 14.4 Å². The van der Waals surface area contributed by atoms with Gasteiger partial charge in [-0.1, -0.05) is 35.9 Å². The van der Waals surface area contributed by atoms with Crippen LogP contribution < -0.4 is 5.48 Å². The Bertz CT molecular complexity index is 573. The molecule has 0 bridgehead atoms. The van der Waals surface area contributed by atoms with Crippen molar-refractivity contribution in [3.05, 3.63) is 47.0 Å². The molecule has 0 radical (unpaired) electrons. The van der Waals surface area contributed by atoms with Gasteiger partial charge in [0.05, 0.1) is 13.5 Å². The van der Waals surface area contributed by atoms with E-state index in [2.05, 4.69) is 5.48 Å². The third kappa shape index (κ3) is 2.44. The molecule has 106 valence electrons. The van der Waals surface area contributed by atoms with Gasteiger partial charge in [-0.15, -0.1) is 0 Å². The third-order valence-corrected chi connectivity index (χ3v) is 3.58. The van der Waals surface area contributed by atoms with E-state index in [0.717, 1.165) is 5.57 Å². The van der Waals surface area contributed by atoms with Crippen LogP contribution in [0.3, 0.4) is 0 Å². The number of ketones is 2. The monoisotopic (exact) mass is 273 g/mol. The van der Waals surface area contributed by atoms with Crippen molar-refractivity contribution in [2.75, 3.05) is 7.11 Å². The molecule has 0 spiro atoms. The maximum Gasteiger partial charge on any atom is 0.170 e. The second-order valence-corrected chi connectivity index (χ2v) is 5.27. The number of benzene rings is 1. The summed E-state index contributed by atoms with van der Waals surface area (Å²) in [5.74, 6) is -0.281. The fraction of sp³-hybridized carbons (Fsp3) is 0.375. The van der Waals surface area contributed by atoms with Crippen molar-refractivity contribution in [2.45, 2.75) is 32.2 Å². The van der Waals surface area contributed by atoms with Gasteiger partial charge < -0.3 is 4.84 Å². The molecule has 1 atom stereocenters. The van der Waals surface area contributed by atoms with E-state index in [4.69, 9.17) is 4.84 Å². The summed E-state index contributed by atoms with van der Waals surface area (Å²) in [6.07, 6.45) is 2.35. The average Bonchev–Trinajstić information content (AvgIpc) is 2.42. The number of hydrogen-bond donors (Lipinski definition) is 1. The molecule has 1 aliphatic carbocycles. The van der Waals surface area contributed by atoms with Crippen molar-refractivity contribution >= 4 is 11.6 Å². The molecule has 20 heavy (non-hydrogen) atoms. The molecule has 1 N–H and O–H groups in total. The fourth-order valence-electron chi connectivity index (χ4n) is 2.55. The van der Waals surface area contributed by atoms with E-state index in [0.29, 0.717) is 17.5 Å². The highest BCUT2D eigenvalue weighted by Gasteiger charge is 2.45. The number of hydrogen-bond acceptors (Lipinski definition) is 4. The van der Waals surface area contributed by atoms with Crippen LogP contribution in [0.2, 0.25) is 0 Å². The Morgan fingerprint density at radius 1 is 1.35 bits per heavy atom. The van der Waals surface area contributed by atoms with Crippen LogP contribution in [0, 0.1) is 0 Å². The van der Waals surface area contributed by atoms with E-state index in [1.54, 1.807) is 6.07 Å². The quantitative estimate of drug-likeness (QED) is 0.520. The first-order valence-electron chi connectivity index (χ1n) is 6.61. The van der Waals surface area contributed by atoms with Crippen LogP contribution in [0.25, 0.3) is 0 Å². The van der Waals surface area contributed by atoms with Gasteiger partial charge in [0, 0.05) is 5.56 Å². The Hall–Kier alpha value is -1.78. The summed E-state index contributed by atoms with van der Waals surface area (Å²) >= 11 is 0. The molecular formula is C16H19NO3.